The summed E-state index contributed by atoms with van der Waals surface area (Å²) in [6.07, 6.45) is 0. The van der Waals surface area contributed by atoms with E-state index >= 15 is 0 Å². The fourth-order valence-electron chi connectivity index (χ4n) is 13.4. The molecule has 0 atom stereocenters. The molecular formula is C66H53NO2. The lowest BCUT2D eigenvalue weighted by molar-refractivity contribution is 0.600. The molecule has 2 aromatic heterocycles. The van der Waals surface area contributed by atoms with Gasteiger partial charge < -0.3 is 13.7 Å². The van der Waals surface area contributed by atoms with Gasteiger partial charge in [-0.05, 0) is 142 Å². The SMILES string of the molecule is Cc1cccc(-c2cc3c(c4c2oc2ccccc24)-c2ccc(N(c4ccc5c(c4)C(C)(C)c4c6c(c7oc8ccccc8c7c4-5)-c4ccccc4C6(C)C)c4ccc(C)cc4C)cc2C3(C)C)c1. The van der Waals surface area contributed by atoms with Crippen LogP contribution in [0.15, 0.2) is 167 Å². The largest absolute Gasteiger partial charge is 0.455 e. The van der Waals surface area contributed by atoms with Gasteiger partial charge in [0, 0.05) is 66.0 Å². The molecule has 0 saturated heterocycles. The molecule has 69 heavy (non-hydrogen) atoms. The van der Waals surface area contributed by atoms with E-state index in [0.29, 0.717) is 0 Å². The molecule has 14 rings (SSSR count). The third-order valence-corrected chi connectivity index (χ3v) is 16.6. The van der Waals surface area contributed by atoms with Crippen LogP contribution in [-0.2, 0) is 16.2 Å². The zero-order valence-electron chi connectivity index (χ0n) is 40.8. The molecule has 3 heteroatoms. The minimum Gasteiger partial charge on any atom is -0.455 e. The molecule has 0 N–H and O–H groups in total. The van der Waals surface area contributed by atoms with Crippen molar-refractivity contribution in [1.29, 1.82) is 0 Å². The van der Waals surface area contributed by atoms with E-state index in [1.807, 2.05) is 0 Å². The third-order valence-electron chi connectivity index (χ3n) is 16.6. The predicted molar refractivity (Wildman–Crippen MR) is 288 cm³/mol. The summed E-state index contributed by atoms with van der Waals surface area (Å²) >= 11 is 0. The van der Waals surface area contributed by atoms with Crippen molar-refractivity contribution in [3.63, 3.8) is 0 Å². The smallest absolute Gasteiger partial charge is 0.144 e. The van der Waals surface area contributed by atoms with Crippen LogP contribution in [0.4, 0.5) is 17.1 Å². The molecule has 11 aromatic rings. The summed E-state index contributed by atoms with van der Waals surface area (Å²) < 4.78 is 13.8. The predicted octanol–water partition coefficient (Wildman–Crippen LogP) is 18.5. The second-order valence-corrected chi connectivity index (χ2v) is 21.8. The van der Waals surface area contributed by atoms with E-state index in [2.05, 4.69) is 225 Å². The molecule has 0 spiro atoms. The standard InChI is InChI=1S/C66H53NO2/c1-36-17-16-18-39(32-36)47-35-51-55(57-45-20-11-14-23-53(45)68-62(47)57)43-28-26-40(33-49(43)64(51,4)5)67(52-30-25-37(2)31-38(52)3)41-27-29-44-50(34-41)66(8,9)60-56(44)58-46-21-12-15-24-54(46)69-63(58)59-42-19-10-13-22-48(42)65(6,7)61(59)60/h10-35H,1-9H3. The molecule has 9 aromatic carbocycles. The maximum absolute atomic E-state index is 6.99. The maximum atomic E-state index is 6.99. The summed E-state index contributed by atoms with van der Waals surface area (Å²) in [4.78, 5) is 2.52. The number of rotatable bonds is 4. The van der Waals surface area contributed by atoms with Crippen molar-refractivity contribution in [1.82, 2.24) is 0 Å². The van der Waals surface area contributed by atoms with Crippen LogP contribution in [0.1, 0.15) is 91.6 Å². The number of fused-ring (bicyclic) bond motifs is 19. The first-order valence-electron chi connectivity index (χ1n) is 24.6. The number of para-hydroxylation sites is 2. The van der Waals surface area contributed by atoms with Gasteiger partial charge >= 0.3 is 0 Å². The van der Waals surface area contributed by atoms with Crippen molar-refractivity contribution in [3.05, 3.63) is 208 Å². The number of hydrogen-bond donors (Lipinski definition) is 0. The van der Waals surface area contributed by atoms with Gasteiger partial charge in [0.15, 0.2) is 0 Å². The Morgan fingerprint density at radius 2 is 0.957 bits per heavy atom. The zero-order valence-corrected chi connectivity index (χ0v) is 40.8. The lowest BCUT2D eigenvalue weighted by Crippen LogP contribution is -2.24. The van der Waals surface area contributed by atoms with E-state index in [4.69, 9.17) is 8.83 Å². The Labute approximate surface area is 403 Å². The van der Waals surface area contributed by atoms with Crippen molar-refractivity contribution in [2.24, 2.45) is 0 Å². The number of aryl methyl sites for hydroxylation is 3. The summed E-state index contributed by atoms with van der Waals surface area (Å²) in [7, 11) is 0. The first-order chi connectivity index (χ1) is 33.2. The lowest BCUT2D eigenvalue weighted by atomic mass is 9.72. The topological polar surface area (TPSA) is 29.5 Å². The minimum absolute atomic E-state index is 0.222. The number of nitrogens with zero attached hydrogens (tertiary/aromatic N) is 1. The van der Waals surface area contributed by atoms with Gasteiger partial charge in [-0.2, -0.15) is 0 Å². The van der Waals surface area contributed by atoms with Crippen LogP contribution in [-0.4, -0.2) is 0 Å². The minimum atomic E-state index is -0.320. The Bertz CT molecular complexity index is 4090. The highest BCUT2D eigenvalue weighted by Crippen LogP contribution is 2.64. The van der Waals surface area contributed by atoms with Crippen LogP contribution < -0.4 is 4.90 Å². The third kappa shape index (κ3) is 5.23. The number of furan rings is 2. The second-order valence-electron chi connectivity index (χ2n) is 21.8. The normalized spacial score (nSPS) is 15.4. The molecule has 0 fully saturated rings. The Morgan fingerprint density at radius 1 is 0.391 bits per heavy atom. The van der Waals surface area contributed by atoms with Crippen LogP contribution in [0.3, 0.4) is 0 Å². The van der Waals surface area contributed by atoms with E-state index in [9.17, 15) is 0 Å². The summed E-state index contributed by atoms with van der Waals surface area (Å²) in [5, 5.41) is 4.75. The van der Waals surface area contributed by atoms with E-state index in [-0.39, 0.29) is 16.2 Å². The van der Waals surface area contributed by atoms with Crippen molar-refractivity contribution in [3.8, 4) is 44.5 Å². The van der Waals surface area contributed by atoms with Gasteiger partial charge in [-0.25, -0.2) is 0 Å². The first-order valence-corrected chi connectivity index (χ1v) is 24.6. The van der Waals surface area contributed by atoms with Crippen LogP contribution in [0.2, 0.25) is 0 Å². The molecule has 2 heterocycles. The van der Waals surface area contributed by atoms with Gasteiger partial charge in [-0.15, -0.1) is 0 Å². The molecule has 0 amide bonds. The summed E-state index contributed by atoms with van der Waals surface area (Å²) in [5.41, 5.74) is 28.3. The van der Waals surface area contributed by atoms with E-state index in [1.165, 1.54) is 111 Å². The average molecular weight is 892 g/mol. The van der Waals surface area contributed by atoms with Crippen LogP contribution >= 0.6 is 0 Å². The highest BCUT2D eigenvalue weighted by atomic mass is 16.3. The molecule has 3 aliphatic carbocycles. The quantitative estimate of drug-likeness (QED) is 0.176. The molecule has 0 aliphatic heterocycles. The van der Waals surface area contributed by atoms with Crippen molar-refractivity contribution in [2.45, 2.75) is 78.6 Å². The second kappa shape index (κ2) is 13.5. The van der Waals surface area contributed by atoms with Gasteiger partial charge in [-0.3, -0.25) is 0 Å². The maximum Gasteiger partial charge on any atom is 0.144 e. The fourth-order valence-corrected chi connectivity index (χ4v) is 13.4. The first kappa shape index (κ1) is 40.4. The van der Waals surface area contributed by atoms with E-state index < -0.39 is 0 Å². The van der Waals surface area contributed by atoms with Gasteiger partial charge in [0.2, 0.25) is 0 Å². The Morgan fingerprint density at radius 3 is 1.65 bits per heavy atom. The fraction of sp³-hybridized carbons (Fsp3) is 0.182. The number of hydrogen-bond acceptors (Lipinski definition) is 3. The van der Waals surface area contributed by atoms with Crippen molar-refractivity contribution < 1.29 is 8.83 Å². The van der Waals surface area contributed by atoms with Crippen LogP contribution in [0.5, 0.6) is 0 Å². The van der Waals surface area contributed by atoms with Crippen molar-refractivity contribution >= 4 is 60.9 Å². The monoisotopic (exact) mass is 891 g/mol. The average Bonchev–Trinajstić information content (AvgIpc) is 4.09. The Balaban J connectivity index is 0.995. The van der Waals surface area contributed by atoms with Gasteiger partial charge in [0.05, 0.1) is 0 Å². The lowest BCUT2D eigenvalue weighted by Gasteiger charge is -2.32. The van der Waals surface area contributed by atoms with Crippen LogP contribution in [0.25, 0.3) is 88.4 Å². The van der Waals surface area contributed by atoms with E-state index in [1.54, 1.807) is 0 Å². The van der Waals surface area contributed by atoms with Gasteiger partial charge in [0.1, 0.15) is 22.3 Å². The summed E-state index contributed by atoms with van der Waals surface area (Å²) in [6.45, 7) is 21.2. The summed E-state index contributed by atoms with van der Waals surface area (Å²) in [6, 6.07) is 58.8. The molecule has 0 unspecified atom stereocenters. The Kier molecular flexibility index (Phi) is 7.94. The zero-order chi connectivity index (χ0) is 47.0. The van der Waals surface area contributed by atoms with Crippen molar-refractivity contribution in [2.75, 3.05) is 4.90 Å². The Hall–Kier alpha value is -7.62. The van der Waals surface area contributed by atoms with Gasteiger partial charge in [0.25, 0.3) is 0 Å². The number of benzene rings is 9. The highest BCUT2D eigenvalue weighted by Gasteiger charge is 2.49. The molecule has 3 nitrogen and oxygen atoms in total. The molecule has 0 saturated carbocycles. The number of anilines is 3. The highest BCUT2D eigenvalue weighted by molar-refractivity contribution is 6.21. The molecule has 334 valence electrons. The summed E-state index contributed by atoms with van der Waals surface area (Å²) in [5.74, 6) is 0. The molecule has 0 bridgehead atoms. The molecule has 3 aliphatic rings. The van der Waals surface area contributed by atoms with E-state index in [0.717, 1.165) is 44.7 Å². The van der Waals surface area contributed by atoms with Gasteiger partial charge in [-0.1, -0.05) is 162 Å². The molecule has 0 radical (unpaired) electrons. The molecular weight excluding hydrogens is 839 g/mol. The van der Waals surface area contributed by atoms with Crippen LogP contribution in [0, 0.1) is 20.8 Å².